The predicted molar refractivity (Wildman–Crippen MR) is 122 cm³/mol. The molecule has 0 atom stereocenters. The van der Waals surface area contributed by atoms with Crippen molar-refractivity contribution < 1.29 is 14.5 Å². The van der Waals surface area contributed by atoms with E-state index in [-0.39, 0.29) is 23.5 Å². The Morgan fingerprint density at radius 3 is 2.09 bits per heavy atom. The molecule has 7 nitrogen and oxygen atoms in total. The second-order valence-electron chi connectivity index (χ2n) is 7.60. The largest absolute Gasteiger partial charge is 0.339 e. The standard InChI is InChI=1S/C25H21N3O4/c1-17-8-10-18(11-9-17)16-27-24(29)22(19-12-14-21(15-13-19)28(31)32)23(25(27)30)26(2)20-6-4-3-5-7-20/h3-15H,16H2,1-2H3. The molecule has 160 valence electrons. The lowest BCUT2D eigenvalue weighted by Gasteiger charge is -2.21. The van der Waals surface area contributed by atoms with Gasteiger partial charge in [0.2, 0.25) is 0 Å². The Morgan fingerprint density at radius 1 is 0.875 bits per heavy atom. The Hall–Kier alpha value is -4.26. The fourth-order valence-corrected chi connectivity index (χ4v) is 3.68. The number of carbonyl (C=O) groups is 2. The molecule has 0 saturated carbocycles. The summed E-state index contributed by atoms with van der Waals surface area (Å²) in [5.74, 6) is -0.836. The maximum Gasteiger partial charge on any atom is 0.278 e. The molecule has 1 heterocycles. The number of nitro benzene ring substituents is 1. The Balaban J connectivity index is 1.78. The molecule has 0 bridgehead atoms. The quantitative estimate of drug-likeness (QED) is 0.332. The summed E-state index contributed by atoms with van der Waals surface area (Å²) in [7, 11) is 1.73. The number of non-ortho nitro benzene ring substituents is 1. The molecular weight excluding hydrogens is 406 g/mol. The van der Waals surface area contributed by atoms with Gasteiger partial charge in [-0.25, -0.2) is 0 Å². The number of hydrogen-bond acceptors (Lipinski definition) is 5. The van der Waals surface area contributed by atoms with E-state index in [1.54, 1.807) is 11.9 Å². The van der Waals surface area contributed by atoms with Gasteiger partial charge in [0, 0.05) is 24.9 Å². The third-order valence-electron chi connectivity index (χ3n) is 5.45. The highest BCUT2D eigenvalue weighted by Gasteiger charge is 2.41. The summed E-state index contributed by atoms with van der Waals surface area (Å²) in [4.78, 5) is 40.3. The Bertz CT molecular complexity index is 1220. The number of nitrogens with zero attached hydrogens (tertiary/aromatic N) is 3. The van der Waals surface area contributed by atoms with Crippen LogP contribution in [0.2, 0.25) is 0 Å². The van der Waals surface area contributed by atoms with Crippen molar-refractivity contribution in [1.82, 2.24) is 4.90 Å². The number of carbonyl (C=O) groups excluding carboxylic acids is 2. The third kappa shape index (κ3) is 3.88. The average molecular weight is 427 g/mol. The Morgan fingerprint density at radius 2 is 1.50 bits per heavy atom. The molecule has 4 rings (SSSR count). The first-order chi connectivity index (χ1) is 15.4. The van der Waals surface area contributed by atoms with Gasteiger partial charge in [0.1, 0.15) is 5.70 Å². The molecule has 3 aromatic carbocycles. The fraction of sp³-hybridized carbons (Fsp3) is 0.120. The summed E-state index contributed by atoms with van der Waals surface area (Å²) in [6.45, 7) is 2.11. The number of amides is 2. The van der Waals surface area contributed by atoms with Crippen molar-refractivity contribution >= 4 is 28.8 Å². The van der Waals surface area contributed by atoms with Gasteiger partial charge >= 0.3 is 0 Å². The SMILES string of the molecule is Cc1ccc(CN2C(=O)C(c3ccc([N+](=O)[O-])cc3)=C(N(C)c3ccccc3)C2=O)cc1. The number of rotatable bonds is 6. The zero-order valence-corrected chi connectivity index (χ0v) is 17.7. The second-order valence-corrected chi connectivity index (χ2v) is 7.60. The Kier molecular flexibility index (Phi) is 5.55. The van der Waals surface area contributed by atoms with Gasteiger partial charge in [-0.05, 0) is 42.3 Å². The highest BCUT2D eigenvalue weighted by molar-refractivity contribution is 6.36. The first-order valence-electron chi connectivity index (χ1n) is 10.1. The molecule has 1 aliphatic rings. The molecule has 0 spiro atoms. The van der Waals surface area contributed by atoms with E-state index >= 15 is 0 Å². The van der Waals surface area contributed by atoms with E-state index in [9.17, 15) is 19.7 Å². The molecule has 0 radical (unpaired) electrons. The molecule has 0 unspecified atom stereocenters. The lowest BCUT2D eigenvalue weighted by Crippen LogP contribution is -2.33. The molecule has 32 heavy (non-hydrogen) atoms. The average Bonchev–Trinajstić information content (AvgIpc) is 3.05. The van der Waals surface area contributed by atoms with E-state index in [1.807, 2.05) is 61.5 Å². The van der Waals surface area contributed by atoms with Gasteiger partial charge in [-0.1, -0.05) is 48.0 Å². The summed E-state index contributed by atoms with van der Waals surface area (Å²) < 4.78 is 0. The van der Waals surface area contributed by atoms with Gasteiger partial charge in [-0.2, -0.15) is 0 Å². The summed E-state index contributed by atoms with van der Waals surface area (Å²) in [6.07, 6.45) is 0. The lowest BCUT2D eigenvalue weighted by molar-refractivity contribution is -0.384. The molecule has 0 N–H and O–H groups in total. The topological polar surface area (TPSA) is 83.8 Å². The molecule has 1 aliphatic heterocycles. The van der Waals surface area contributed by atoms with Crippen molar-refractivity contribution in [1.29, 1.82) is 0 Å². The molecule has 0 aliphatic carbocycles. The van der Waals surface area contributed by atoms with E-state index in [4.69, 9.17) is 0 Å². The number of anilines is 1. The smallest absolute Gasteiger partial charge is 0.278 e. The van der Waals surface area contributed by atoms with Crippen molar-refractivity contribution in [3.63, 3.8) is 0 Å². The molecule has 2 amide bonds. The number of aryl methyl sites for hydroxylation is 1. The van der Waals surface area contributed by atoms with Gasteiger partial charge in [-0.15, -0.1) is 0 Å². The minimum Gasteiger partial charge on any atom is -0.339 e. The van der Waals surface area contributed by atoms with Gasteiger partial charge in [-0.3, -0.25) is 24.6 Å². The number of imide groups is 1. The molecule has 7 heteroatoms. The maximum absolute atomic E-state index is 13.5. The number of likely N-dealkylation sites (N-methyl/N-ethyl adjacent to an activating group) is 1. The molecular formula is C25H21N3O4. The van der Waals surface area contributed by atoms with E-state index in [0.29, 0.717) is 5.56 Å². The monoisotopic (exact) mass is 427 g/mol. The first kappa shape index (κ1) is 21.0. The summed E-state index contributed by atoms with van der Waals surface area (Å²) in [5.41, 5.74) is 3.51. The van der Waals surface area contributed by atoms with Crippen molar-refractivity contribution in [2.75, 3.05) is 11.9 Å². The van der Waals surface area contributed by atoms with Crippen LogP contribution >= 0.6 is 0 Å². The maximum atomic E-state index is 13.5. The highest BCUT2D eigenvalue weighted by Crippen LogP contribution is 2.34. The van der Waals surface area contributed by atoms with Crippen LogP contribution in [0, 0.1) is 17.0 Å². The third-order valence-corrected chi connectivity index (χ3v) is 5.45. The van der Waals surface area contributed by atoms with Crippen LogP contribution in [-0.2, 0) is 16.1 Å². The highest BCUT2D eigenvalue weighted by atomic mass is 16.6. The van der Waals surface area contributed by atoms with Crippen LogP contribution in [0.15, 0.2) is 84.6 Å². The van der Waals surface area contributed by atoms with Crippen LogP contribution in [0.3, 0.4) is 0 Å². The first-order valence-corrected chi connectivity index (χ1v) is 10.1. The van der Waals surface area contributed by atoms with Crippen LogP contribution in [0.5, 0.6) is 0 Å². The normalized spacial score (nSPS) is 13.6. The molecule has 0 aromatic heterocycles. The number of benzene rings is 3. The predicted octanol–water partition coefficient (Wildman–Crippen LogP) is 4.32. The van der Waals surface area contributed by atoms with Crippen LogP contribution in [-0.4, -0.2) is 28.7 Å². The van der Waals surface area contributed by atoms with Crippen LogP contribution in [0.4, 0.5) is 11.4 Å². The minimum absolute atomic E-state index is 0.0828. The van der Waals surface area contributed by atoms with Crippen LogP contribution < -0.4 is 4.90 Å². The van der Waals surface area contributed by atoms with Gasteiger partial charge in [0.15, 0.2) is 0 Å². The summed E-state index contributed by atoms with van der Waals surface area (Å²) >= 11 is 0. The number of nitro groups is 1. The summed E-state index contributed by atoms with van der Waals surface area (Å²) in [6, 6.07) is 22.6. The zero-order valence-electron chi connectivity index (χ0n) is 17.7. The molecule has 3 aromatic rings. The van der Waals surface area contributed by atoms with Gasteiger partial charge < -0.3 is 4.90 Å². The Labute approximate surface area is 185 Å². The van der Waals surface area contributed by atoms with E-state index < -0.39 is 16.7 Å². The molecule has 0 fully saturated rings. The fourth-order valence-electron chi connectivity index (χ4n) is 3.68. The van der Waals surface area contributed by atoms with Crippen molar-refractivity contribution in [3.05, 3.63) is 111 Å². The number of para-hydroxylation sites is 1. The number of hydrogen-bond donors (Lipinski definition) is 0. The van der Waals surface area contributed by atoms with Gasteiger partial charge in [0.05, 0.1) is 17.0 Å². The van der Waals surface area contributed by atoms with E-state index in [0.717, 1.165) is 16.8 Å². The molecule has 0 saturated heterocycles. The second kappa shape index (κ2) is 8.47. The van der Waals surface area contributed by atoms with E-state index in [2.05, 4.69) is 0 Å². The zero-order chi connectivity index (χ0) is 22.8. The van der Waals surface area contributed by atoms with Crippen molar-refractivity contribution in [3.8, 4) is 0 Å². The van der Waals surface area contributed by atoms with Crippen molar-refractivity contribution in [2.24, 2.45) is 0 Å². The lowest BCUT2D eigenvalue weighted by atomic mass is 10.0. The summed E-state index contributed by atoms with van der Waals surface area (Å²) in [5, 5.41) is 11.0. The van der Waals surface area contributed by atoms with Gasteiger partial charge in [0.25, 0.3) is 17.5 Å². The van der Waals surface area contributed by atoms with Crippen molar-refractivity contribution in [2.45, 2.75) is 13.5 Å². The van der Waals surface area contributed by atoms with Crippen LogP contribution in [0.1, 0.15) is 16.7 Å². The van der Waals surface area contributed by atoms with Crippen LogP contribution in [0.25, 0.3) is 5.57 Å². The minimum atomic E-state index is -0.500. The van der Waals surface area contributed by atoms with E-state index in [1.165, 1.54) is 29.2 Å².